The Morgan fingerprint density at radius 3 is 2.40 bits per heavy atom. The maximum absolute atomic E-state index is 4.66. The molecule has 0 aliphatic heterocycles. The fraction of sp³-hybridized carbons (Fsp3) is 0.214. The third kappa shape index (κ3) is 15.0. The summed E-state index contributed by atoms with van der Waals surface area (Å²) in [4.78, 5) is 3.93. The van der Waals surface area contributed by atoms with Crippen molar-refractivity contribution in [3.63, 3.8) is 0 Å². The van der Waals surface area contributed by atoms with Crippen LogP contribution in [0.15, 0.2) is 54.1 Å². The summed E-state index contributed by atoms with van der Waals surface area (Å²) in [7, 11) is 1.77. The standard InChI is InChI=1S/C10H15N.C4H4/c1-4-6-8-10(7-5-2)9-11-3;1-3-4-2/h4-7,9H,2,8H2,1,3H3;1,4H,2H2/b6-4-,10-7-,11-9?;. The molecule has 0 saturated carbocycles. The van der Waals surface area contributed by atoms with Crippen LogP contribution in [0, 0.1) is 12.3 Å². The minimum atomic E-state index is 0.930. The highest BCUT2D eigenvalue weighted by molar-refractivity contribution is 5.79. The van der Waals surface area contributed by atoms with E-state index in [1.165, 1.54) is 11.6 Å². The van der Waals surface area contributed by atoms with Gasteiger partial charge in [-0.1, -0.05) is 43.4 Å². The van der Waals surface area contributed by atoms with E-state index in [0.717, 1.165) is 6.42 Å². The summed E-state index contributed by atoms with van der Waals surface area (Å²) < 4.78 is 0. The Morgan fingerprint density at radius 1 is 1.47 bits per heavy atom. The number of rotatable bonds is 4. The van der Waals surface area contributed by atoms with Crippen molar-refractivity contribution in [1.29, 1.82) is 0 Å². The van der Waals surface area contributed by atoms with Crippen molar-refractivity contribution < 1.29 is 0 Å². The van der Waals surface area contributed by atoms with Gasteiger partial charge in [-0.15, -0.1) is 6.42 Å². The SMILES string of the molecule is C#CC=C.C=C/C=C(\C=NC)C/C=C\C. The molecule has 0 unspecified atom stereocenters. The zero-order chi connectivity index (χ0) is 11.9. The summed E-state index contributed by atoms with van der Waals surface area (Å²) in [6.45, 7) is 8.88. The van der Waals surface area contributed by atoms with Crippen molar-refractivity contribution in [2.75, 3.05) is 7.05 Å². The quantitative estimate of drug-likeness (QED) is 0.285. The predicted molar refractivity (Wildman–Crippen MR) is 71.2 cm³/mol. The fourth-order valence-electron chi connectivity index (χ4n) is 0.735. The molecule has 0 aromatic carbocycles. The van der Waals surface area contributed by atoms with Gasteiger partial charge >= 0.3 is 0 Å². The maximum Gasteiger partial charge on any atom is 0.0277 e. The molecule has 0 radical (unpaired) electrons. The number of aliphatic imine (C=N–C) groups is 1. The molecule has 0 atom stereocenters. The lowest BCUT2D eigenvalue weighted by Gasteiger charge is -1.92. The van der Waals surface area contributed by atoms with Gasteiger partial charge in [0.25, 0.3) is 0 Å². The van der Waals surface area contributed by atoms with Crippen LogP contribution in [-0.2, 0) is 0 Å². The Balaban J connectivity index is 0. The van der Waals surface area contributed by atoms with E-state index in [1.807, 2.05) is 25.3 Å². The Bertz CT molecular complexity index is 285. The van der Waals surface area contributed by atoms with Crippen LogP contribution in [0.2, 0.25) is 0 Å². The van der Waals surface area contributed by atoms with Gasteiger partial charge in [0.05, 0.1) is 0 Å². The van der Waals surface area contributed by atoms with Gasteiger partial charge in [0.15, 0.2) is 0 Å². The summed E-state index contributed by atoms with van der Waals surface area (Å²) in [6.07, 6.45) is 16.7. The van der Waals surface area contributed by atoms with Crippen LogP contribution in [0.25, 0.3) is 0 Å². The Hall–Kier alpha value is -1.81. The molecule has 0 amide bonds. The molecule has 0 saturated heterocycles. The molecule has 1 nitrogen and oxygen atoms in total. The van der Waals surface area contributed by atoms with Crippen molar-refractivity contribution in [3.05, 3.63) is 49.1 Å². The summed E-state index contributed by atoms with van der Waals surface area (Å²) in [6, 6.07) is 0. The Morgan fingerprint density at radius 2 is 2.07 bits per heavy atom. The molecule has 80 valence electrons. The maximum atomic E-state index is 4.66. The van der Waals surface area contributed by atoms with Gasteiger partial charge in [-0.05, 0) is 25.0 Å². The van der Waals surface area contributed by atoms with Gasteiger partial charge in [0.2, 0.25) is 0 Å². The highest BCUT2D eigenvalue weighted by Gasteiger charge is 1.85. The van der Waals surface area contributed by atoms with E-state index in [2.05, 4.69) is 36.6 Å². The summed E-state index contributed by atoms with van der Waals surface area (Å²) in [5.74, 6) is 2.19. The molecule has 0 spiro atoms. The number of allylic oxidation sites excluding steroid dienone is 6. The van der Waals surface area contributed by atoms with E-state index in [9.17, 15) is 0 Å². The largest absolute Gasteiger partial charge is 0.296 e. The first-order valence-corrected chi connectivity index (χ1v) is 4.68. The summed E-state index contributed by atoms with van der Waals surface area (Å²) in [5.41, 5.74) is 1.18. The van der Waals surface area contributed by atoms with Gasteiger partial charge < -0.3 is 0 Å². The third-order valence-electron chi connectivity index (χ3n) is 1.33. The van der Waals surface area contributed by atoms with Gasteiger partial charge in [-0.3, -0.25) is 4.99 Å². The number of nitrogens with zero attached hydrogens (tertiary/aromatic N) is 1. The molecule has 0 aliphatic carbocycles. The normalized spacial score (nSPS) is 10.6. The van der Waals surface area contributed by atoms with Crippen LogP contribution in [-0.4, -0.2) is 13.3 Å². The molecular formula is C14H19N. The van der Waals surface area contributed by atoms with Crippen molar-refractivity contribution in [3.8, 4) is 12.3 Å². The van der Waals surface area contributed by atoms with E-state index in [0.29, 0.717) is 0 Å². The summed E-state index contributed by atoms with van der Waals surface area (Å²) in [5, 5.41) is 0. The molecule has 0 N–H and O–H groups in total. The van der Waals surface area contributed by atoms with E-state index in [-0.39, 0.29) is 0 Å². The second-order valence-electron chi connectivity index (χ2n) is 2.51. The second-order valence-corrected chi connectivity index (χ2v) is 2.51. The van der Waals surface area contributed by atoms with Crippen LogP contribution in [0.4, 0.5) is 0 Å². The fourth-order valence-corrected chi connectivity index (χ4v) is 0.735. The van der Waals surface area contributed by atoms with Crippen molar-refractivity contribution in [2.45, 2.75) is 13.3 Å². The van der Waals surface area contributed by atoms with Gasteiger partial charge in [0.1, 0.15) is 0 Å². The number of hydrogen-bond acceptors (Lipinski definition) is 1. The van der Waals surface area contributed by atoms with Gasteiger partial charge in [0, 0.05) is 13.3 Å². The van der Waals surface area contributed by atoms with Crippen molar-refractivity contribution in [2.24, 2.45) is 4.99 Å². The lowest BCUT2D eigenvalue weighted by atomic mass is 10.2. The third-order valence-corrected chi connectivity index (χ3v) is 1.33. The van der Waals surface area contributed by atoms with Crippen molar-refractivity contribution in [1.82, 2.24) is 0 Å². The van der Waals surface area contributed by atoms with Crippen LogP contribution >= 0.6 is 0 Å². The van der Waals surface area contributed by atoms with E-state index < -0.39 is 0 Å². The van der Waals surface area contributed by atoms with Crippen LogP contribution in [0.1, 0.15) is 13.3 Å². The first-order valence-electron chi connectivity index (χ1n) is 4.68. The molecule has 1 heteroatoms. The van der Waals surface area contributed by atoms with Gasteiger partial charge in [-0.2, -0.15) is 0 Å². The second kappa shape index (κ2) is 14.7. The Labute approximate surface area is 93.6 Å². The first-order chi connectivity index (χ1) is 7.26. The van der Waals surface area contributed by atoms with Crippen LogP contribution in [0.3, 0.4) is 0 Å². The molecule has 0 bridgehead atoms. The van der Waals surface area contributed by atoms with Crippen LogP contribution in [0.5, 0.6) is 0 Å². The number of terminal acetylenes is 1. The number of hydrogen-bond donors (Lipinski definition) is 0. The smallest absolute Gasteiger partial charge is 0.0277 e. The zero-order valence-electron chi connectivity index (χ0n) is 9.61. The molecular weight excluding hydrogens is 182 g/mol. The molecule has 0 heterocycles. The molecule has 0 aromatic heterocycles. The summed E-state index contributed by atoms with van der Waals surface area (Å²) >= 11 is 0. The van der Waals surface area contributed by atoms with Gasteiger partial charge in [-0.25, -0.2) is 0 Å². The molecule has 0 rings (SSSR count). The lowest BCUT2D eigenvalue weighted by Crippen LogP contribution is -1.81. The highest BCUT2D eigenvalue weighted by atomic mass is 14.6. The molecule has 0 fully saturated rings. The molecule has 15 heavy (non-hydrogen) atoms. The monoisotopic (exact) mass is 201 g/mol. The topological polar surface area (TPSA) is 12.4 Å². The van der Waals surface area contributed by atoms with E-state index in [1.54, 1.807) is 13.1 Å². The van der Waals surface area contributed by atoms with Crippen LogP contribution < -0.4 is 0 Å². The lowest BCUT2D eigenvalue weighted by molar-refractivity contribution is 1.31. The van der Waals surface area contributed by atoms with E-state index in [4.69, 9.17) is 0 Å². The predicted octanol–water partition coefficient (Wildman–Crippen LogP) is 3.57. The van der Waals surface area contributed by atoms with Crippen molar-refractivity contribution >= 4 is 6.21 Å². The average molecular weight is 201 g/mol. The molecule has 0 aliphatic rings. The highest BCUT2D eigenvalue weighted by Crippen LogP contribution is 1.99. The molecule has 0 aromatic rings. The minimum Gasteiger partial charge on any atom is -0.296 e. The minimum absolute atomic E-state index is 0.930. The first kappa shape index (κ1) is 15.7. The van der Waals surface area contributed by atoms with E-state index >= 15 is 0 Å². The zero-order valence-corrected chi connectivity index (χ0v) is 9.61. The Kier molecular flexibility index (Phi) is 15.3. The average Bonchev–Trinajstić information content (AvgIpc) is 2.27.